The second-order valence-electron chi connectivity index (χ2n) is 4.85. The van der Waals surface area contributed by atoms with E-state index in [1.54, 1.807) is 31.2 Å². The summed E-state index contributed by atoms with van der Waals surface area (Å²) >= 11 is 0. The lowest BCUT2D eigenvalue weighted by molar-refractivity contribution is -0.137. The van der Waals surface area contributed by atoms with Gasteiger partial charge in [0.25, 0.3) is 5.91 Å². The molecular weight excluding hydrogens is 279 g/mol. The zero-order valence-corrected chi connectivity index (χ0v) is 11.6. The Morgan fingerprint density at radius 1 is 1.00 bits per heavy atom. The van der Waals surface area contributed by atoms with Crippen molar-refractivity contribution in [2.24, 2.45) is 0 Å². The molecule has 0 aromatic heterocycles. The molecule has 5 heteroatoms. The van der Waals surface area contributed by atoms with Gasteiger partial charge >= 0.3 is 6.18 Å². The van der Waals surface area contributed by atoms with Crippen LogP contribution in [0.15, 0.2) is 42.5 Å². The van der Waals surface area contributed by atoms with Gasteiger partial charge in [-0.15, -0.1) is 0 Å². The first kappa shape index (κ1) is 15.1. The number of amides is 1. The van der Waals surface area contributed by atoms with Crippen molar-refractivity contribution in [3.63, 3.8) is 0 Å². The molecule has 0 saturated carbocycles. The molecule has 2 aromatic rings. The maximum Gasteiger partial charge on any atom is 0.416 e. The van der Waals surface area contributed by atoms with Crippen molar-refractivity contribution in [3.8, 4) is 0 Å². The second-order valence-corrected chi connectivity index (χ2v) is 4.85. The Morgan fingerprint density at radius 2 is 1.62 bits per heavy atom. The minimum atomic E-state index is -4.43. The minimum Gasteiger partial charge on any atom is -0.322 e. The molecular formula is C16H14F3NO. The molecule has 2 nitrogen and oxygen atoms in total. The molecule has 110 valence electrons. The number of alkyl halides is 3. The fraction of sp³-hybridized carbons (Fsp3) is 0.188. The molecule has 0 spiro atoms. The maximum absolute atomic E-state index is 12.7. The maximum atomic E-state index is 12.7. The number of rotatable bonds is 2. The molecule has 0 unspecified atom stereocenters. The van der Waals surface area contributed by atoms with Gasteiger partial charge in [0.2, 0.25) is 0 Å². The first-order chi connectivity index (χ1) is 9.77. The summed E-state index contributed by atoms with van der Waals surface area (Å²) < 4.78 is 38.1. The Labute approximate surface area is 120 Å². The summed E-state index contributed by atoms with van der Waals surface area (Å²) in [5, 5.41) is 2.52. The van der Waals surface area contributed by atoms with Crippen molar-refractivity contribution in [2.45, 2.75) is 20.0 Å². The normalized spacial score (nSPS) is 11.3. The third-order valence-electron chi connectivity index (χ3n) is 3.13. The van der Waals surface area contributed by atoms with Crippen molar-refractivity contribution in [1.29, 1.82) is 0 Å². The van der Waals surface area contributed by atoms with Gasteiger partial charge in [-0.1, -0.05) is 23.8 Å². The fourth-order valence-corrected chi connectivity index (χ4v) is 1.83. The molecule has 0 aliphatic heterocycles. The van der Waals surface area contributed by atoms with Gasteiger partial charge in [0.05, 0.1) is 5.56 Å². The predicted molar refractivity (Wildman–Crippen MR) is 75.3 cm³/mol. The number of hydrogen-bond donors (Lipinski definition) is 1. The van der Waals surface area contributed by atoms with Crippen LogP contribution < -0.4 is 5.32 Å². The lowest BCUT2D eigenvalue weighted by Gasteiger charge is -2.12. The van der Waals surface area contributed by atoms with Crippen LogP contribution in [-0.4, -0.2) is 5.91 Å². The average Bonchev–Trinajstić information content (AvgIpc) is 2.40. The fourth-order valence-electron chi connectivity index (χ4n) is 1.83. The number of halogens is 3. The average molecular weight is 293 g/mol. The van der Waals surface area contributed by atoms with Crippen LogP contribution in [0, 0.1) is 13.8 Å². The van der Waals surface area contributed by atoms with Crippen LogP contribution in [0.2, 0.25) is 0 Å². The summed E-state index contributed by atoms with van der Waals surface area (Å²) in [4.78, 5) is 12.0. The van der Waals surface area contributed by atoms with Gasteiger partial charge in [0.1, 0.15) is 0 Å². The third-order valence-corrected chi connectivity index (χ3v) is 3.13. The number of anilines is 1. The van der Waals surface area contributed by atoms with Crippen molar-refractivity contribution >= 4 is 11.6 Å². The monoisotopic (exact) mass is 293 g/mol. The predicted octanol–water partition coefficient (Wildman–Crippen LogP) is 4.57. The van der Waals surface area contributed by atoms with Crippen LogP contribution in [0.1, 0.15) is 27.0 Å². The topological polar surface area (TPSA) is 29.1 Å². The van der Waals surface area contributed by atoms with Gasteiger partial charge < -0.3 is 5.32 Å². The molecule has 0 heterocycles. The van der Waals surface area contributed by atoms with E-state index in [0.717, 1.165) is 17.7 Å². The Morgan fingerprint density at radius 3 is 2.19 bits per heavy atom. The highest BCUT2D eigenvalue weighted by Gasteiger charge is 2.30. The van der Waals surface area contributed by atoms with E-state index in [4.69, 9.17) is 0 Å². The van der Waals surface area contributed by atoms with Crippen LogP contribution >= 0.6 is 0 Å². The lowest BCUT2D eigenvalue weighted by Crippen LogP contribution is -2.14. The summed E-state index contributed by atoms with van der Waals surface area (Å²) in [7, 11) is 0. The Bertz CT molecular complexity index is 660. The minimum absolute atomic E-state index is 0.162. The van der Waals surface area contributed by atoms with Gasteiger partial charge in [-0.2, -0.15) is 13.2 Å². The van der Waals surface area contributed by atoms with Crippen molar-refractivity contribution in [1.82, 2.24) is 0 Å². The van der Waals surface area contributed by atoms with Crippen LogP contribution in [0.25, 0.3) is 0 Å². The smallest absolute Gasteiger partial charge is 0.322 e. The quantitative estimate of drug-likeness (QED) is 0.863. The van der Waals surface area contributed by atoms with Gasteiger partial charge in [-0.25, -0.2) is 0 Å². The Kier molecular flexibility index (Phi) is 4.02. The second kappa shape index (κ2) is 5.60. The summed E-state index contributed by atoms with van der Waals surface area (Å²) in [6.07, 6.45) is -4.43. The molecule has 0 atom stereocenters. The number of carbonyl (C=O) groups is 1. The summed E-state index contributed by atoms with van der Waals surface area (Å²) in [5.74, 6) is -0.433. The summed E-state index contributed by atoms with van der Waals surface area (Å²) in [5.41, 5.74) is 1.35. The molecule has 0 saturated heterocycles. The molecule has 0 radical (unpaired) electrons. The van der Waals surface area contributed by atoms with Gasteiger partial charge in [-0.05, 0) is 43.7 Å². The zero-order valence-electron chi connectivity index (χ0n) is 11.6. The Hall–Kier alpha value is -2.30. The summed E-state index contributed by atoms with van der Waals surface area (Å²) in [6, 6.07) is 10.1. The van der Waals surface area contributed by atoms with Gasteiger partial charge in [-0.3, -0.25) is 4.79 Å². The number of nitrogens with one attached hydrogen (secondary N) is 1. The van der Waals surface area contributed by atoms with E-state index >= 15 is 0 Å². The molecule has 2 rings (SSSR count). The van der Waals surface area contributed by atoms with E-state index in [9.17, 15) is 18.0 Å². The van der Waals surface area contributed by atoms with E-state index in [0.29, 0.717) is 11.1 Å². The van der Waals surface area contributed by atoms with Crippen molar-refractivity contribution in [2.75, 3.05) is 5.32 Å². The van der Waals surface area contributed by atoms with E-state index in [2.05, 4.69) is 5.32 Å². The van der Waals surface area contributed by atoms with Crippen LogP contribution in [0.3, 0.4) is 0 Å². The molecule has 1 amide bonds. The van der Waals surface area contributed by atoms with Crippen LogP contribution in [-0.2, 0) is 6.18 Å². The summed E-state index contributed by atoms with van der Waals surface area (Å²) in [6.45, 7) is 3.53. The number of aryl methyl sites for hydroxylation is 2. The largest absolute Gasteiger partial charge is 0.416 e. The zero-order chi connectivity index (χ0) is 15.6. The van der Waals surface area contributed by atoms with Crippen LogP contribution in [0.5, 0.6) is 0 Å². The number of benzene rings is 2. The highest BCUT2D eigenvalue weighted by atomic mass is 19.4. The molecule has 0 bridgehead atoms. The molecule has 1 N–H and O–H groups in total. The van der Waals surface area contributed by atoms with E-state index < -0.39 is 17.6 Å². The molecule has 0 aliphatic rings. The molecule has 21 heavy (non-hydrogen) atoms. The Balaban J connectivity index is 2.26. The molecule has 0 fully saturated rings. The number of hydrogen-bond acceptors (Lipinski definition) is 1. The molecule has 0 aliphatic carbocycles. The van der Waals surface area contributed by atoms with E-state index in [1.807, 2.05) is 6.92 Å². The third kappa shape index (κ3) is 3.62. The highest BCUT2D eigenvalue weighted by molar-refractivity contribution is 6.04. The SMILES string of the molecule is Cc1ccc(C(=O)Nc2cc(C(F)(F)F)ccc2C)cc1. The van der Waals surface area contributed by atoms with E-state index in [1.165, 1.54) is 6.07 Å². The molecule has 2 aromatic carbocycles. The number of carbonyl (C=O) groups excluding carboxylic acids is 1. The van der Waals surface area contributed by atoms with Crippen molar-refractivity contribution in [3.05, 3.63) is 64.7 Å². The first-order valence-corrected chi connectivity index (χ1v) is 6.33. The van der Waals surface area contributed by atoms with Gasteiger partial charge in [0.15, 0.2) is 0 Å². The standard InChI is InChI=1S/C16H14F3NO/c1-10-3-6-12(7-4-10)15(21)20-14-9-13(16(17,18)19)8-5-11(14)2/h3-9H,1-2H3,(H,20,21). The van der Waals surface area contributed by atoms with E-state index in [-0.39, 0.29) is 5.69 Å². The van der Waals surface area contributed by atoms with Crippen molar-refractivity contribution < 1.29 is 18.0 Å². The van der Waals surface area contributed by atoms with Gasteiger partial charge in [0, 0.05) is 11.3 Å². The highest BCUT2D eigenvalue weighted by Crippen LogP contribution is 2.32. The first-order valence-electron chi connectivity index (χ1n) is 6.33. The van der Waals surface area contributed by atoms with Crippen LogP contribution in [0.4, 0.5) is 18.9 Å². The lowest BCUT2D eigenvalue weighted by atomic mass is 10.1.